The Labute approximate surface area is 157 Å². The first-order chi connectivity index (χ1) is 11.7. The molecule has 0 radical (unpaired) electrons. The van der Waals surface area contributed by atoms with Crippen LogP contribution in [0.1, 0.15) is 52.7 Å². The van der Waals surface area contributed by atoms with Crippen molar-refractivity contribution < 1.29 is 0 Å². The maximum atomic E-state index is 6.58. The highest BCUT2D eigenvalue weighted by molar-refractivity contribution is 6.32. The molecule has 0 unspecified atom stereocenters. The lowest BCUT2D eigenvalue weighted by atomic mass is 9.94. The van der Waals surface area contributed by atoms with Crippen LogP contribution in [0.2, 0.25) is 5.02 Å². The fourth-order valence-corrected chi connectivity index (χ4v) is 2.48. The molecule has 1 rings (SSSR count). The number of halogens is 1. The average Bonchev–Trinajstić information content (AvgIpc) is 2.53. The summed E-state index contributed by atoms with van der Waals surface area (Å²) in [5.74, 6) is 0. The average molecular weight is 354 g/mol. The fraction of sp³-hybridized carbons (Fsp3) is 0.261. The quantitative estimate of drug-likeness (QED) is 0.367. The van der Waals surface area contributed by atoms with Crippen LogP contribution < -0.4 is 0 Å². The van der Waals surface area contributed by atoms with Gasteiger partial charge >= 0.3 is 0 Å². The molecule has 0 saturated carbocycles. The van der Waals surface area contributed by atoms with Crippen LogP contribution in [-0.2, 0) is 0 Å². The van der Waals surface area contributed by atoms with Crippen LogP contribution in [0.25, 0.3) is 11.1 Å². The maximum absolute atomic E-state index is 6.58. The molecule has 1 nitrogen and oxygen atoms in total. The van der Waals surface area contributed by atoms with E-state index in [0.29, 0.717) is 5.02 Å². The Morgan fingerprint density at radius 3 is 2.12 bits per heavy atom. The summed E-state index contributed by atoms with van der Waals surface area (Å²) in [6, 6.07) is 6.14. The zero-order valence-electron chi connectivity index (χ0n) is 16.2. The second kappa shape index (κ2) is 9.39. The first-order valence-electron chi connectivity index (χ1n) is 8.35. The van der Waals surface area contributed by atoms with Crippen molar-refractivity contribution >= 4 is 28.5 Å². The minimum atomic E-state index is 0.712. The number of hydrogen-bond acceptors (Lipinski definition) is 1. The molecule has 0 amide bonds. The molecule has 0 aliphatic heterocycles. The van der Waals surface area contributed by atoms with Crippen molar-refractivity contribution in [1.29, 1.82) is 0 Å². The van der Waals surface area contributed by atoms with Gasteiger partial charge in [0.1, 0.15) is 0 Å². The Morgan fingerprint density at radius 1 is 1.04 bits per heavy atom. The van der Waals surface area contributed by atoms with Gasteiger partial charge in [-0.3, -0.25) is 4.99 Å². The first kappa shape index (κ1) is 20.9. The van der Waals surface area contributed by atoms with Gasteiger partial charge in [-0.1, -0.05) is 48.5 Å². The standard InChI is InChI=1S/C23H28ClN/c1-9-18(8)19-10-11-21(23(24)13-19)22(16(4)5)12-20(15(2)3)14-25-17(6)7/h9-14H,2,4H2,1,3,5-8H3/b18-9+,20-14-,22-12+. The molecule has 1 aromatic carbocycles. The van der Waals surface area contributed by atoms with Crippen molar-refractivity contribution in [1.82, 2.24) is 0 Å². The highest BCUT2D eigenvalue weighted by atomic mass is 35.5. The summed E-state index contributed by atoms with van der Waals surface area (Å²) in [5, 5.41) is 0.712. The van der Waals surface area contributed by atoms with Gasteiger partial charge in [0.25, 0.3) is 0 Å². The van der Waals surface area contributed by atoms with E-state index in [0.717, 1.165) is 39.1 Å². The summed E-state index contributed by atoms with van der Waals surface area (Å²) in [6.07, 6.45) is 5.97. The molecular weight excluding hydrogens is 326 g/mol. The van der Waals surface area contributed by atoms with Crippen molar-refractivity contribution in [2.75, 3.05) is 0 Å². The molecule has 0 N–H and O–H groups in total. The van der Waals surface area contributed by atoms with E-state index in [1.165, 1.54) is 5.57 Å². The van der Waals surface area contributed by atoms with Gasteiger partial charge in [0.15, 0.2) is 0 Å². The lowest BCUT2D eigenvalue weighted by molar-refractivity contribution is 1.37. The zero-order chi connectivity index (χ0) is 19.1. The Bertz CT molecular complexity index is 797. The number of hydrogen-bond donors (Lipinski definition) is 0. The second-order valence-corrected chi connectivity index (χ2v) is 6.85. The van der Waals surface area contributed by atoms with E-state index in [1.54, 1.807) is 0 Å². The summed E-state index contributed by atoms with van der Waals surface area (Å²) in [7, 11) is 0. The van der Waals surface area contributed by atoms with Gasteiger partial charge in [0.2, 0.25) is 0 Å². The Hall–Kier alpha value is -2.12. The van der Waals surface area contributed by atoms with Crippen LogP contribution in [-0.4, -0.2) is 5.71 Å². The molecule has 0 saturated heterocycles. The predicted molar refractivity (Wildman–Crippen MR) is 115 cm³/mol. The summed E-state index contributed by atoms with van der Waals surface area (Å²) < 4.78 is 0. The van der Waals surface area contributed by atoms with E-state index in [-0.39, 0.29) is 0 Å². The molecule has 0 aliphatic rings. The summed E-state index contributed by atoms with van der Waals surface area (Å²) in [5.41, 5.74) is 8.13. The SMILES string of the molecule is C=C(C)C(=C\N=C(C)C)/C=C(\C(=C)C)c1ccc(/C(C)=C/C)cc1Cl. The summed E-state index contributed by atoms with van der Waals surface area (Å²) in [6.45, 7) is 20.2. The normalized spacial score (nSPS) is 12.8. The molecule has 1 aromatic rings. The van der Waals surface area contributed by atoms with Gasteiger partial charge in [-0.15, -0.1) is 0 Å². The highest BCUT2D eigenvalue weighted by Gasteiger charge is 2.10. The Balaban J connectivity index is 3.51. The third kappa shape index (κ3) is 6.03. The van der Waals surface area contributed by atoms with Crippen molar-refractivity contribution in [3.63, 3.8) is 0 Å². The molecule has 0 aliphatic carbocycles. The van der Waals surface area contributed by atoms with Gasteiger partial charge in [0.05, 0.1) is 0 Å². The van der Waals surface area contributed by atoms with Crippen molar-refractivity contribution in [2.45, 2.75) is 41.5 Å². The lowest BCUT2D eigenvalue weighted by Crippen LogP contribution is -1.92. The molecule has 2 heteroatoms. The van der Waals surface area contributed by atoms with Gasteiger partial charge in [0, 0.05) is 22.5 Å². The fourth-order valence-electron chi connectivity index (χ4n) is 2.20. The van der Waals surface area contributed by atoms with E-state index in [9.17, 15) is 0 Å². The number of benzene rings is 1. The number of aliphatic imine (C=N–C) groups is 1. The third-order valence-electron chi connectivity index (χ3n) is 3.86. The van der Waals surface area contributed by atoms with Gasteiger partial charge in [-0.05, 0) is 81.5 Å². The largest absolute Gasteiger partial charge is 0.266 e. The topological polar surface area (TPSA) is 12.4 Å². The summed E-state index contributed by atoms with van der Waals surface area (Å²) in [4.78, 5) is 4.40. The molecular formula is C23H28ClN. The number of nitrogens with zero attached hydrogens (tertiary/aromatic N) is 1. The van der Waals surface area contributed by atoms with E-state index < -0.39 is 0 Å². The van der Waals surface area contributed by atoms with Crippen LogP contribution >= 0.6 is 11.6 Å². The van der Waals surface area contributed by atoms with Crippen LogP contribution in [0.15, 0.2) is 71.4 Å². The number of allylic oxidation sites excluding steroid dienone is 7. The lowest BCUT2D eigenvalue weighted by Gasteiger charge is -2.13. The van der Waals surface area contributed by atoms with Crippen LogP contribution in [0.5, 0.6) is 0 Å². The number of rotatable bonds is 6. The molecule has 0 fully saturated rings. The van der Waals surface area contributed by atoms with Crippen LogP contribution in [0.3, 0.4) is 0 Å². The predicted octanol–water partition coefficient (Wildman–Crippen LogP) is 7.66. The molecule has 0 aromatic heterocycles. The molecule has 25 heavy (non-hydrogen) atoms. The van der Waals surface area contributed by atoms with Crippen LogP contribution in [0, 0.1) is 0 Å². The van der Waals surface area contributed by atoms with Gasteiger partial charge in [-0.25, -0.2) is 0 Å². The van der Waals surface area contributed by atoms with E-state index in [2.05, 4.69) is 49.4 Å². The van der Waals surface area contributed by atoms with Crippen molar-refractivity contribution in [2.24, 2.45) is 4.99 Å². The monoisotopic (exact) mass is 353 g/mol. The van der Waals surface area contributed by atoms with Crippen molar-refractivity contribution in [3.05, 3.63) is 82.6 Å². The summed E-state index contributed by atoms with van der Waals surface area (Å²) >= 11 is 6.58. The molecule has 0 bridgehead atoms. The molecule has 0 heterocycles. The van der Waals surface area contributed by atoms with Crippen molar-refractivity contribution in [3.8, 4) is 0 Å². The van der Waals surface area contributed by atoms with E-state index >= 15 is 0 Å². The van der Waals surface area contributed by atoms with E-state index in [1.807, 2.05) is 46.9 Å². The maximum Gasteiger partial charge on any atom is 0.0490 e. The Kier molecular flexibility index (Phi) is 7.86. The first-order valence-corrected chi connectivity index (χ1v) is 8.73. The molecule has 132 valence electrons. The second-order valence-electron chi connectivity index (χ2n) is 6.45. The highest BCUT2D eigenvalue weighted by Crippen LogP contribution is 2.32. The van der Waals surface area contributed by atoms with Crippen LogP contribution in [0.4, 0.5) is 0 Å². The minimum absolute atomic E-state index is 0.712. The zero-order valence-corrected chi connectivity index (χ0v) is 17.0. The van der Waals surface area contributed by atoms with Gasteiger partial charge in [-0.2, -0.15) is 0 Å². The third-order valence-corrected chi connectivity index (χ3v) is 4.17. The Morgan fingerprint density at radius 2 is 1.68 bits per heavy atom. The van der Waals surface area contributed by atoms with Gasteiger partial charge < -0.3 is 0 Å². The molecule has 0 spiro atoms. The molecule has 0 atom stereocenters. The smallest absolute Gasteiger partial charge is 0.0490 e. The minimum Gasteiger partial charge on any atom is -0.266 e. The van der Waals surface area contributed by atoms with E-state index in [4.69, 9.17) is 11.6 Å².